The van der Waals surface area contributed by atoms with Crippen molar-refractivity contribution in [1.29, 1.82) is 0 Å². The van der Waals surface area contributed by atoms with E-state index < -0.39 is 36.7 Å². The van der Waals surface area contributed by atoms with Gasteiger partial charge in [0.15, 0.2) is 17.8 Å². The predicted molar refractivity (Wildman–Crippen MR) is 93.2 cm³/mol. The summed E-state index contributed by atoms with van der Waals surface area (Å²) < 4.78 is 43.5. The summed E-state index contributed by atoms with van der Waals surface area (Å²) in [4.78, 5) is 23.5. The van der Waals surface area contributed by atoms with Crippen LogP contribution in [0, 0.1) is 5.92 Å². The highest BCUT2D eigenvalue weighted by Gasteiger charge is 2.37. The molecule has 0 saturated carbocycles. The Morgan fingerprint density at radius 3 is 2.92 bits per heavy atom. The number of ketones is 1. The molecule has 1 aromatic carbocycles. The van der Waals surface area contributed by atoms with E-state index in [4.69, 9.17) is 11.2 Å². The molecule has 0 aliphatic heterocycles. The van der Waals surface area contributed by atoms with Gasteiger partial charge in [0.2, 0.25) is 11.9 Å². The molecule has 25 heavy (non-hydrogen) atoms. The third-order valence-electron chi connectivity index (χ3n) is 3.95. The number of nitrogens with zero attached hydrogens (tertiary/aromatic N) is 3. The lowest BCUT2D eigenvalue weighted by Gasteiger charge is -2.18. The molecule has 1 aliphatic carbocycles. The van der Waals surface area contributed by atoms with E-state index in [0.29, 0.717) is 16.7 Å². The van der Waals surface area contributed by atoms with Gasteiger partial charge in [0.25, 0.3) is 0 Å². The second kappa shape index (κ2) is 7.28. The summed E-state index contributed by atoms with van der Waals surface area (Å²) in [5.74, 6) is -2.34. The molecule has 1 heterocycles. The first-order valence-electron chi connectivity index (χ1n) is 9.21. The van der Waals surface area contributed by atoms with Gasteiger partial charge in [-0.15, -0.1) is 12.4 Å². The molecule has 1 unspecified atom stereocenters. The summed E-state index contributed by atoms with van der Waals surface area (Å²) in [5.41, 5.74) is 7.20. The molecule has 0 amide bonds. The van der Waals surface area contributed by atoms with Crippen molar-refractivity contribution in [2.24, 2.45) is 5.92 Å². The van der Waals surface area contributed by atoms with Crippen LogP contribution in [0.5, 0.6) is 0 Å². The minimum atomic E-state index is -3.58. The lowest BCUT2D eigenvalue weighted by Crippen LogP contribution is -2.20. The van der Waals surface area contributed by atoms with Crippen LogP contribution < -0.4 is 11.1 Å². The van der Waals surface area contributed by atoms with Crippen molar-refractivity contribution >= 4 is 30.1 Å². The van der Waals surface area contributed by atoms with Crippen LogP contribution in [-0.2, 0) is 6.61 Å². The number of rotatable bonds is 4. The van der Waals surface area contributed by atoms with E-state index in [2.05, 4.69) is 20.3 Å². The highest BCUT2D eigenvalue weighted by Crippen LogP contribution is 2.38. The first kappa shape index (κ1) is 13.9. The van der Waals surface area contributed by atoms with Crippen molar-refractivity contribution in [3.8, 4) is 0 Å². The summed E-state index contributed by atoms with van der Waals surface area (Å²) >= 11 is 0. The number of aliphatic hydroxyl groups excluding tert-OH is 1. The number of hydrogen-bond donors (Lipinski definition) is 3. The second-order valence-electron chi connectivity index (χ2n) is 5.51. The zero-order valence-electron chi connectivity index (χ0n) is 17.2. The number of halogens is 2. The molecular formula is C16H19ClFN5O2. The molecule has 0 radical (unpaired) electrons. The van der Waals surface area contributed by atoms with Crippen molar-refractivity contribution in [3.05, 3.63) is 40.7 Å². The summed E-state index contributed by atoms with van der Waals surface area (Å²) in [6, 6.07) is 4.29. The normalized spacial score (nSPS) is 24.0. The fourth-order valence-corrected chi connectivity index (χ4v) is 2.76. The van der Waals surface area contributed by atoms with Gasteiger partial charge >= 0.3 is 0 Å². The molecule has 3 atom stereocenters. The van der Waals surface area contributed by atoms with Crippen LogP contribution in [0.1, 0.15) is 58.8 Å². The van der Waals surface area contributed by atoms with Gasteiger partial charge in [-0.1, -0.05) is 25.1 Å². The number of Topliss-reactive ketones (excluding diaryl/α,β-unsaturated/α-hetero) is 1. The first-order valence-corrected chi connectivity index (χ1v) is 7.21. The Hall–Kier alpha value is -2.32. The van der Waals surface area contributed by atoms with Gasteiger partial charge in [-0.25, -0.2) is 4.39 Å². The maximum Gasteiger partial charge on any atom is 0.228 e. The summed E-state index contributed by atoms with van der Waals surface area (Å²) in [6.07, 6.45) is -3.58. The van der Waals surface area contributed by atoms with Gasteiger partial charge in [0.05, 0.1) is 14.0 Å². The number of nitrogens with two attached hydrogens (primary N) is 1. The summed E-state index contributed by atoms with van der Waals surface area (Å²) in [5, 5.41) is 12.2. The maximum atomic E-state index is 14.5. The zero-order valence-corrected chi connectivity index (χ0v) is 14.0. The molecule has 1 aromatic heterocycles. The maximum absolute atomic E-state index is 14.5. The molecule has 0 fully saturated rings. The van der Waals surface area contributed by atoms with Crippen LogP contribution >= 0.6 is 12.4 Å². The number of aliphatic hydroxyl groups is 1. The Kier molecular flexibility index (Phi) is 4.05. The van der Waals surface area contributed by atoms with Crippen LogP contribution in [0.15, 0.2) is 18.2 Å². The number of carbonyl (C=O) groups excluding carboxylic acids is 1. The molecule has 0 bridgehead atoms. The monoisotopic (exact) mass is 371 g/mol. The minimum absolute atomic E-state index is 0. The van der Waals surface area contributed by atoms with Gasteiger partial charge < -0.3 is 16.2 Å². The molecule has 4 N–H and O–H groups in total. The lowest BCUT2D eigenvalue weighted by atomic mass is 10.0. The fourth-order valence-electron chi connectivity index (χ4n) is 2.76. The molecule has 7 nitrogen and oxygen atoms in total. The van der Waals surface area contributed by atoms with Gasteiger partial charge in [-0.05, 0) is 18.0 Å². The van der Waals surface area contributed by atoms with Gasteiger partial charge in [0, 0.05) is 15.6 Å². The van der Waals surface area contributed by atoms with E-state index in [1.54, 1.807) is 25.1 Å². The van der Waals surface area contributed by atoms with E-state index in [9.17, 15) is 14.3 Å². The van der Waals surface area contributed by atoms with Crippen LogP contribution in [-0.4, -0.2) is 25.8 Å². The van der Waals surface area contributed by atoms with Crippen molar-refractivity contribution in [2.45, 2.75) is 32.6 Å². The van der Waals surface area contributed by atoms with Crippen molar-refractivity contribution in [2.75, 3.05) is 11.1 Å². The number of anilines is 2. The minimum Gasteiger partial charge on any atom is -0.392 e. The Morgan fingerprint density at radius 2 is 2.24 bits per heavy atom. The first-order chi connectivity index (χ1) is 13.0. The number of alkyl halides is 1. The Balaban J connectivity index is 0.00000300. The number of hydrogen-bond acceptors (Lipinski definition) is 7. The highest BCUT2D eigenvalue weighted by atomic mass is 35.5. The molecule has 0 saturated heterocycles. The number of nitrogens with one attached hydrogen (secondary N) is 1. The largest absolute Gasteiger partial charge is 0.392 e. The molecule has 1 aliphatic rings. The highest BCUT2D eigenvalue weighted by molar-refractivity contribution is 6.03. The Morgan fingerprint density at radius 1 is 1.48 bits per heavy atom. The average Bonchev–Trinajstić information content (AvgIpc) is 2.84. The number of nitrogen functional groups attached to an aromatic ring is 1. The fraction of sp³-hybridized carbons (Fsp3) is 0.375. The standard InChI is InChI=1S/C16H18FN5O2.ClH/c1-7-12(11-5-9(6-23)3-4-10(11)13(7)24)19-16-21-14(8(2)17)20-15(18)22-16;/h3-5,7-8,12,23H,6H2,1-2H3,(H3,18,19,20,21,22);1H/t7-,8?,12-;/m1./s1/i2D3,8D;. The average molecular weight is 372 g/mol. The molecule has 9 heteroatoms. The van der Waals surface area contributed by atoms with Crippen LogP contribution in [0.25, 0.3) is 0 Å². The second-order valence-corrected chi connectivity index (χ2v) is 5.51. The van der Waals surface area contributed by atoms with Crippen molar-refractivity contribution in [1.82, 2.24) is 15.0 Å². The van der Waals surface area contributed by atoms with Crippen LogP contribution in [0.2, 0.25) is 0 Å². The molecule has 2 aromatic rings. The quantitative estimate of drug-likeness (QED) is 0.755. The van der Waals surface area contributed by atoms with Crippen molar-refractivity contribution in [3.63, 3.8) is 0 Å². The molecular weight excluding hydrogens is 349 g/mol. The number of fused-ring (bicyclic) bond motifs is 1. The lowest BCUT2D eigenvalue weighted by molar-refractivity contribution is 0.0938. The van der Waals surface area contributed by atoms with E-state index in [-0.39, 0.29) is 30.7 Å². The van der Waals surface area contributed by atoms with Crippen LogP contribution in [0.4, 0.5) is 16.3 Å². The van der Waals surface area contributed by atoms with E-state index >= 15 is 0 Å². The number of carbonyl (C=O) groups is 1. The molecule has 0 spiro atoms. The number of aromatic nitrogens is 3. The Labute approximate surface area is 155 Å². The summed E-state index contributed by atoms with van der Waals surface area (Å²) in [6.45, 7) is -1.87. The predicted octanol–water partition coefficient (Wildman–Crippen LogP) is 2.38. The smallest absolute Gasteiger partial charge is 0.228 e. The summed E-state index contributed by atoms with van der Waals surface area (Å²) in [7, 11) is 0. The third-order valence-corrected chi connectivity index (χ3v) is 3.95. The molecule has 3 rings (SSSR count). The van der Waals surface area contributed by atoms with E-state index in [0.717, 1.165) is 0 Å². The van der Waals surface area contributed by atoms with E-state index in [1.807, 2.05) is 0 Å². The van der Waals surface area contributed by atoms with E-state index in [1.165, 1.54) is 0 Å². The third kappa shape index (κ3) is 3.54. The van der Waals surface area contributed by atoms with Gasteiger partial charge in [0.1, 0.15) is 0 Å². The van der Waals surface area contributed by atoms with Crippen LogP contribution in [0.3, 0.4) is 0 Å². The number of benzene rings is 1. The molecule has 134 valence electrons. The van der Waals surface area contributed by atoms with Crippen molar-refractivity contribution < 1.29 is 19.8 Å². The zero-order chi connectivity index (χ0) is 20.9. The topological polar surface area (TPSA) is 114 Å². The SMILES string of the molecule is Cl.[2H]C([2H])([2H])C([2H])(F)c1nc(N)nc(N[C@H]2c3cc(CO)ccc3C(=O)[C@@H]2C)n1. The Bertz CT molecular complexity index is 944. The van der Waals surface area contributed by atoms with Gasteiger partial charge in [-0.2, -0.15) is 15.0 Å². The van der Waals surface area contributed by atoms with Gasteiger partial charge in [-0.3, -0.25) is 4.79 Å².